The molecule has 0 saturated carbocycles. The number of rotatable bonds is 5. The standard InChI is InChI=1S/C30H21NO4/c1-34-29(32)23-15-17-24(18-16-23)35-30(33)26-19-28(31-27-10-6-5-9-25(26)27)22-13-11-21(12-14-22)20-7-3-2-4-8-20/h2-19H,1H3. The second kappa shape index (κ2) is 9.61. The Morgan fingerprint density at radius 3 is 2.00 bits per heavy atom. The van der Waals surface area contributed by atoms with Crippen LogP contribution in [0.15, 0.2) is 109 Å². The Hall–Kier alpha value is -4.77. The Bertz CT molecular complexity index is 1510. The number of carbonyl (C=O) groups is 2. The number of para-hydroxylation sites is 1. The molecule has 5 heteroatoms. The van der Waals surface area contributed by atoms with E-state index in [-0.39, 0.29) is 0 Å². The molecule has 0 aliphatic heterocycles. The maximum absolute atomic E-state index is 13.2. The van der Waals surface area contributed by atoms with Gasteiger partial charge in [0.15, 0.2) is 0 Å². The molecule has 0 spiro atoms. The minimum Gasteiger partial charge on any atom is -0.465 e. The molecule has 0 atom stereocenters. The van der Waals surface area contributed by atoms with Crippen LogP contribution >= 0.6 is 0 Å². The van der Waals surface area contributed by atoms with Crippen molar-refractivity contribution in [3.63, 3.8) is 0 Å². The van der Waals surface area contributed by atoms with Crippen molar-refractivity contribution in [3.05, 3.63) is 120 Å². The SMILES string of the molecule is COC(=O)c1ccc(OC(=O)c2cc(-c3ccc(-c4ccccc4)cc3)nc3ccccc23)cc1. The van der Waals surface area contributed by atoms with E-state index in [1.807, 2.05) is 66.7 Å². The van der Waals surface area contributed by atoms with Gasteiger partial charge in [0.25, 0.3) is 0 Å². The molecule has 0 aliphatic rings. The van der Waals surface area contributed by atoms with Gasteiger partial charge in [0.2, 0.25) is 0 Å². The average Bonchev–Trinajstić information content (AvgIpc) is 2.93. The predicted molar refractivity (Wildman–Crippen MR) is 135 cm³/mol. The number of esters is 2. The number of nitrogens with zero attached hydrogens (tertiary/aromatic N) is 1. The van der Waals surface area contributed by atoms with E-state index >= 15 is 0 Å². The molecule has 5 nitrogen and oxygen atoms in total. The van der Waals surface area contributed by atoms with Crippen LogP contribution in [0.5, 0.6) is 5.75 Å². The van der Waals surface area contributed by atoms with Crippen LogP contribution in [0.3, 0.4) is 0 Å². The molecular formula is C30H21NO4. The lowest BCUT2D eigenvalue weighted by atomic mass is 10.0. The average molecular weight is 460 g/mol. The number of hydrogen-bond acceptors (Lipinski definition) is 5. The van der Waals surface area contributed by atoms with Crippen molar-refractivity contribution in [2.24, 2.45) is 0 Å². The Labute approximate surface area is 202 Å². The van der Waals surface area contributed by atoms with Crippen LogP contribution < -0.4 is 4.74 Å². The first kappa shape index (κ1) is 22.0. The van der Waals surface area contributed by atoms with Gasteiger partial charge < -0.3 is 9.47 Å². The first-order chi connectivity index (χ1) is 17.1. The second-order valence-electron chi connectivity index (χ2n) is 7.92. The quantitative estimate of drug-likeness (QED) is 0.220. The molecule has 0 N–H and O–H groups in total. The van der Waals surface area contributed by atoms with Gasteiger partial charge >= 0.3 is 11.9 Å². The Balaban J connectivity index is 1.48. The summed E-state index contributed by atoms with van der Waals surface area (Å²) < 4.78 is 10.3. The summed E-state index contributed by atoms with van der Waals surface area (Å²) in [6, 6.07) is 33.7. The van der Waals surface area contributed by atoms with Crippen LogP contribution in [0.25, 0.3) is 33.3 Å². The smallest absolute Gasteiger partial charge is 0.344 e. The monoisotopic (exact) mass is 459 g/mol. The first-order valence-corrected chi connectivity index (χ1v) is 11.1. The van der Waals surface area contributed by atoms with Gasteiger partial charge in [0, 0.05) is 10.9 Å². The van der Waals surface area contributed by atoms with Gasteiger partial charge in [-0.25, -0.2) is 14.6 Å². The fourth-order valence-electron chi connectivity index (χ4n) is 3.90. The van der Waals surface area contributed by atoms with Crippen molar-refractivity contribution in [2.75, 3.05) is 7.11 Å². The fourth-order valence-corrected chi connectivity index (χ4v) is 3.90. The largest absolute Gasteiger partial charge is 0.465 e. The Kier molecular flexibility index (Phi) is 6.05. The lowest BCUT2D eigenvalue weighted by Crippen LogP contribution is -2.10. The van der Waals surface area contributed by atoms with Gasteiger partial charge in [-0.1, -0.05) is 72.8 Å². The Morgan fingerprint density at radius 1 is 0.657 bits per heavy atom. The molecular weight excluding hydrogens is 438 g/mol. The highest BCUT2D eigenvalue weighted by Gasteiger charge is 2.16. The van der Waals surface area contributed by atoms with E-state index in [0.717, 1.165) is 16.7 Å². The van der Waals surface area contributed by atoms with Crippen LogP contribution in [0.4, 0.5) is 0 Å². The minimum absolute atomic E-state index is 0.331. The Morgan fingerprint density at radius 2 is 1.29 bits per heavy atom. The molecule has 0 unspecified atom stereocenters. The molecule has 0 amide bonds. The molecule has 0 fully saturated rings. The third-order valence-corrected chi connectivity index (χ3v) is 5.71. The zero-order chi connectivity index (χ0) is 24.2. The van der Waals surface area contributed by atoms with Gasteiger partial charge in [0.05, 0.1) is 29.4 Å². The highest BCUT2D eigenvalue weighted by Crippen LogP contribution is 2.28. The third kappa shape index (κ3) is 4.66. The van der Waals surface area contributed by atoms with Crippen molar-refractivity contribution in [1.29, 1.82) is 0 Å². The summed E-state index contributed by atoms with van der Waals surface area (Å²) >= 11 is 0. The summed E-state index contributed by atoms with van der Waals surface area (Å²) in [4.78, 5) is 29.6. The molecule has 0 bridgehead atoms. The lowest BCUT2D eigenvalue weighted by molar-refractivity contribution is 0.0600. The van der Waals surface area contributed by atoms with Gasteiger partial charge in [-0.3, -0.25) is 0 Å². The summed E-state index contributed by atoms with van der Waals surface area (Å²) in [6.45, 7) is 0. The molecule has 0 saturated heterocycles. The minimum atomic E-state index is -0.503. The number of carbonyl (C=O) groups excluding carboxylic acids is 2. The fraction of sp³-hybridized carbons (Fsp3) is 0.0333. The molecule has 5 rings (SSSR count). The number of aromatic nitrogens is 1. The molecule has 1 heterocycles. The number of fused-ring (bicyclic) bond motifs is 1. The highest BCUT2D eigenvalue weighted by atomic mass is 16.5. The van der Waals surface area contributed by atoms with Crippen LogP contribution in [-0.4, -0.2) is 24.0 Å². The van der Waals surface area contributed by atoms with E-state index in [2.05, 4.69) is 12.1 Å². The molecule has 0 radical (unpaired) electrons. The molecule has 170 valence electrons. The first-order valence-electron chi connectivity index (χ1n) is 11.1. The van der Waals surface area contributed by atoms with Gasteiger partial charge in [0.1, 0.15) is 5.75 Å². The number of methoxy groups -OCH3 is 1. The molecule has 5 aromatic rings. The van der Waals surface area contributed by atoms with Crippen molar-refractivity contribution in [2.45, 2.75) is 0 Å². The molecule has 0 aliphatic carbocycles. The van der Waals surface area contributed by atoms with Gasteiger partial charge in [-0.2, -0.15) is 0 Å². The summed E-state index contributed by atoms with van der Waals surface area (Å²) in [5.74, 6) is -0.625. The van der Waals surface area contributed by atoms with Crippen LogP contribution in [0.2, 0.25) is 0 Å². The zero-order valence-electron chi connectivity index (χ0n) is 19.0. The maximum Gasteiger partial charge on any atom is 0.344 e. The maximum atomic E-state index is 13.2. The molecule has 1 aromatic heterocycles. The van der Waals surface area contributed by atoms with E-state index < -0.39 is 11.9 Å². The number of benzene rings is 4. The van der Waals surface area contributed by atoms with E-state index in [0.29, 0.717) is 33.5 Å². The normalized spacial score (nSPS) is 10.7. The molecule has 4 aromatic carbocycles. The van der Waals surface area contributed by atoms with Crippen molar-refractivity contribution in [3.8, 4) is 28.1 Å². The van der Waals surface area contributed by atoms with E-state index in [1.165, 1.54) is 7.11 Å². The lowest BCUT2D eigenvalue weighted by Gasteiger charge is -2.11. The van der Waals surface area contributed by atoms with Gasteiger partial charge in [-0.15, -0.1) is 0 Å². The summed E-state index contributed by atoms with van der Waals surface area (Å²) in [5.41, 5.74) is 5.30. The predicted octanol–water partition coefficient (Wildman–Crippen LogP) is 6.57. The van der Waals surface area contributed by atoms with Crippen molar-refractivity contribution in [1.82, 2.24) is 4.98 Å². The second-order valence-corrected chi connectivity index (χ2v) is 7.92. The summed E-state index contributed by atoms with van der Waals surface area (Å²) in [5, 5.41) is 0.702. The molecule has 35 heavy (non-hydrogen) atoms. The third-order valence-electron chi connectivity index (χ3n) is 5.71. The van der Waals surface area contributed by atoms with Crippen LogP contribution in [0.1, 0.15) is 20.7 Å². The summed E-state index contributed by atoms with van der Waals surface area (Å²) in [7, 11) is 1.32. The number of hydrogen-bond donors (Lipinski definition) is 0. The van der Waals surface area contributed by atoms with E-state index in [9.17, 15) is 9.59 Å². The summed E-state index contributed by atoms with van der Waals surface area (Å²) in [6.07, 6.45) is 0. The van der Waals surface area contributed by atoms with Crippen molar-refractivity contribution < 1.29 is 19.1 Å². The zero-order valence-corrected chi connectivity index (χ0v) is 19.0. The van der Waals surface area contributed by atoms with E-state index in [4.69, 9.17) is 14.5 Å². The van der Waals surface area contributed by atoms with Gasteiger partial charge in [-0.05, 0) is 47.5 Å². The van der Waals surface area contributed by atoms with Crippen LogP contribution in [0, 0.1) is 0 Å². The van der Waals surface area contributed by atoms with E-state index in [1.54, 1.807) is 30.3 Å². The topological polar surface area (TPSA) is 65.5 Å². The number of pyridine rings is 1. The number of ether oxygens (including phenoxy) is 2. The van der Waals surface area contributed by atoms with Crippen LogP contribution in [-0.2, 0) is 4.74 Å². The highest BCUT2D eigenvalue weighted by molar-refractivity contribution is 6.05. The van der Waals surface area contributed by atoms with Crippen molar-refractivity contribution >= 4 is 22.8 Å².